The quantitative estimate of drug-likeness (QED) is 0.472. The highest BCUT2D eigenvalue weighted by Crippen LogP contribution is 2.30. The molecular weight excluding hydrogens is 450 g/mol. The van der Waals surface area contributed by atoms with Gasteiger partial charge in [0.25, 0.3) is 0 Å². The minimum atomic E-state index is -0.283. The number of rotatable bonds is 6. The zero-order valence-electron chi connectivity index (χ0n) is 19.3. The second-order valence-electron chi connectivity index (χ2n) is 8.52. The molecule has 1 saturated heterocycles. The van der Waals surface area contributed by atoms with E-state index in [-0.39, 0.29) is 17.7 Å². The van der Waals surface area contributed by atoms with Gasteiger partial charge in [-0.1, -0.05) is 55.8 Å². The van der Waals surface area contributed by atoms with Crippen LogP contribution in [0.2, 0.25) is 5.02 Å². The molecule has 176 valence electrons. The van der Waals surface area contributed by atoms with Crippen LogP contribution in [0.3, 0.4) is 0 Å². The molecule has 1 aromatic heterocycles. The van der Waals surface area contributed by atoms with Crippen LogP contribution in [0.1, 0.15) is 19.6 Å². The topological polar surface area (TPSA) is 65.8 Å². The zero-order valence-corrected chi connectivity index (χ0v) is 20.1. The maximum absolute atomic E-state index is 12.7. The summed E-state index contributed by atoms with van der Waals surface area (Å²) in [6, 6.07) is 19.0. The summed E-state index contributed by atoms with van der Waals surface area (Å²) in [5.41, 5.74) is 2.49. The molecule has 3 aromatic rings. The second kappa shape index (κ2) is 10.6. The molecular formula is C27H28ClN3O3. The molecule has 0 bridgehead atoms. The van der Waals surface area contributed by atoms with Crippen molar-refractivity contribution in [2.45, 2.75) is 13.8 Å². The molecule has 0 saturated carbocycles. The Morgan fingerprint density at radius 1 is 1.00 bits per heavy atom. The fourth-order valence-corrected chi connectivity index (χ4v) is 4.12. The number of halogens is 1. The summed E-state index contributed by atoms with van der Waals surface area (Å²) in [5, 5.41) is 3.47. The van der Waals surface area contributed by atoms with Crippen LogP contribution in [0.15, 0.2) is 71.2 Å². The first-order valence-corrected chi connectivity index (χ1v) is 11.8. The van der Waals surface area contributed by atoms with Crippen LogP contribution in [0.4, 0.5) is 11.4 Å². The molecule has 2 aromatic carbocycles. The smallest absolute Gasteiger partial charge is 0.248 e. The van der Waals surface area contributed by atoms with Crippen molar-refractivity contribution in [3.05, 3.63) is 77.5 Å². The third kappa shape index (κ3) is 5.69. The number of anilines is 2. The molecule has 0 radical (unpaired) electrons. The molecule has 2 amide bonds. The number of piperazine rings is 1. The van der Waals surface area contributed by atoms with Gasteiger partial charge in [0.05, 0.1) is 11.4 Å². The van der Waals surface area contributed by atoms with E-state index in [9.17, 15) is 9.59 Å². The Morgan fingerprint density at radius 3 is 2.44 bits per heavy atom. The molecule has 1 N–H and O–H groups in total. The Hall–Kier alpha value is -3.51. The number of nitrogens with zero attached hydrogens (tertiary/aromatic N) is 2. The molecule has 1 fully saturated rings. The lowest BCUT2D eigenvalue weighted by Crippen LogP contribution is -2.50. The summed E-state index contributed by atoms with van der Waals surface area (Å²) >= 11 is 6.22. The molecule has 1 aliphatic rings. The fraction of sp³-hybridized carbons (Fsp3) is 0.259. The van der Waals surface area contributed by atoms with Gasteiger partial charge >= 0.3 is 0 Å². The summed E-state index contributed by atoms with van der Waals surface area (Å²) in [7, 11) is 0. The average Bonchev–Trinajstić information content (AvgIpc) is 3.32. The highest BCUT2D eigenvalue weighted by molar-refractivity contribution is 6.31. The first-order chi connectivity index (χ1) is 16.4. The predicted octanol–water partition coefficient (Wildman–Crippen LogP) is 5.56. The Kier molecular flexibility index (Phi) is 7.38. The number of hydrogen-bond donors (Lipinski definition) is 1. The Balaban J connectivity index is 1.42. The highest BCUT2D eigenvalue weighted by atomic mass is 35.5. The van der Waals surface area contributed by atoms with Gasteiger partial charge in [-0.05, 0) is 36.4 Å². The molecule has 0 aliphatic carbocycles. The first kappa shape index (κ1) is 23.6. The van der Waals surface area contributed by atoms with Crippen molar-refractivity contribution < 1.29 is 14.0 Å². The van der Waals surface area contributed by atoms with E-state index in [1.807, 2.05) is 73.3 Å². The molecule has 1 aliphatic heterocycles. The second-order valence-corrected chi connectivity index (χ2v) is 8.96. The maximum atomic E-state index is 12.7. The standard InChI is InChI=1S/C27H28ClN3O3/c1-19(2)27(33)31-16-14-30(15-17-31)24-11-8-21(28)18-23(24)29-26(32)13-10-22-9-12-25(34-22)20-6-4-3-5-7-20/h3-13,18-19H,14-17H2,1-2H3,(H,29,32)/b13-10+. The van der Waals surface area contributed by atoms with Crippen molar-refractivity contribution in [3.8, 4) is 11.3 Å². The molecule has 2 heterocycles. The fourth-order valence-electron chi connectivity index (χ4n) is 3.95. The van der Waals surface area contributed by atoms with E-state index in [1.165, 1.54) is 6.08 Å². The number of furan rings is 1. The molecule has 7 heteroatoms. The van der Waals surface area contributed by atoms with E-state index in [0.29, 0.717) is 42.6 Å². The molecule has 0 atom stereocenters. The van der Waals surface area contributed by atoms with Crippen LogP contribution in [0.5, 0.6) is 0 Å². The predicted molar refractivity (Wildman–Crippen MR) is 137 cm³/mol. The Bertz CT molecular complexity index is 1180. The SMILES string of the molecule is CC(C)C(=O)N1CCN(c2ccc(Cl)cc2NC(=O)/C=C/c2ccc(-c3ccccc3)o2)CC1. The van der Waals surface area contributed by atoms with Crippen molar-refractivity contribution in [3.63, 3.8) is 0 Å². The zero-order chi connectivity index (χ0) is 24.1. The molecule has 6 nitrogen and oxygen atoms in total. The van der Waals surface area contributed by atoms with Gasteiger partial charge in [0, 0.05) is 48.8 Å². The van der Waals surface area contributed by atoms with Crippen LogP contribution in [0, 0.1) is 5.92 Å². The summed E-state index contributed by atoms with van der Waals surface area (Å²) in [5.74, 6) is 1.21. The minimum absolute atomic E-state index is 0.0124. The number of carbonyl (C=O) groups is 2. The summed E-state index contributed by atoms with van der Waals surface area (Å²) in [6.45, 7) is 6.51. The lowest BCUT2D eigenvalue weighted by molar-refractivity contribution is -0.134. The van der Waals surface area contributed by atoms with Gasteiger partial charge in [-0.25, -0.2) is 0 Å². The van der Waals surface area contributed by atoms with Crippen LogP contribution in [-0.4, -0.2) is 42.9 Å². The summed E-state index contributed by atoms with van der Waals surface area (Å²) in [6.07, 6.45) is 3.08. The van der Waals surface area contributed by atoms with E-state index >= 15 is 0 Å². The molecule has 4 rings (SSSR count). The van der Waals surface area contributed by atoms with Crippen molar-refractivity contribution in [2.75, 3.05) is 36.4 Å². The molecule has 34 heavy (non-hydrogen) atoms. The molecule has 0 unspecified atom stereocenters. The average molecular weight is 478 g/mol. The third-order valence-electron chi connectivity index (χ3n) is 5.73. The number of hydrogen-bond acceptors (Lipinski definition) is 4. The largest absolute Gasteiger partial charge is 0.457 e. The van der Waals surface area contributed by atoms with E-state index in [2.05, 4.69) is 10.2 Å². The van der Waals surface area contributed by atoms with E-state index in [1.54, 1.807) is 12.1 Å². The van der Waals surface area contributed by atoms with Crippen molar-refractivity contribution >= 4 is 40.9 Å². The lowest BCUT2D eigenvalue weighted by Gasteiger charge is -2.37. The Labute approximate surface area is 204 Å². The van der Waals surface area contributed by atoms with Crippen molar-refractivity contribution in [1.29, 1.82) is 0 Å². The first-order valence-electron chi connectivity index (χ1n) is 11.4. The van der Waals surface area contributed by atoms with Crippen LogP contribution >= 0.6 is 11.6 Å². The third-order valence-corrected chi connectivity index (χ3v) is 5.96. The van der Waals surface area contributed by atoms with Gasteiger partial charge < -0.3 is 19.5 Å². The van der Waals surface area contributed by atoms with E-state index in [0.717, 1.165) is 17.0 Å². The van der Waals surface area contributed by atoms with Gasteiger partial charge in [-0.15, -0.1) is 0 Å². The molecule has 0 spiro atoms. The van der Waals surface area contributed by atoms with Gasteiger partial charge in [-0.2, -0.15) is 0 Å². The summed E-state index contributed by atoms with van der Waals surface area (Å²) < 4.78 is 5.83. The normalized spacial score (nSPS) is 14.1. The van der Waals surface area contributed by atoms with E-state index in [4.69, 9.17) is 16.0 Å². The van der Waals surface area contributed by atoms with Crippen molar-refractivity contribution in [2.24, 2.45) is 5.92 Å². The van der Waals surface area contributed by atoms with E-state index < -0.39 is 0 Å². The van der Waals surface area contributed by atoms with Gasteiger partial charge in [0.15, 0.2) is 0 Å². The highest BCUT2D eigenvalue weighted by Gasteiger charge is 2.24. The van der Waals surface area contributed by atoms with Crippen LogP contribution in [-0.2, 0) is 9.59 Å². The monoisotopic (exact) mass is 477 g/mol. The summed E-state index contributed by atoms with van der Waals surface area (Å²) in [4.78, 5) is 29.0. The lowest BCUT2D eigenvalue weighted by atomic mass is 10.1. The van der Waals surface area contributed by atoms with Crippen molar-refractivity contribution in [1.82, 2.24) is 4.90 Å². The van der Waals surface area contributed by atoms with Crippen LogP contribution in [0.25, 0.3) is 17.4 Å². The van der Waals surface area contributed by atoms with Gasteiger partial charge in [0.2, 0.25) is 11.8 Å². The maximum Gasteiger partial charge on any atom is 0.248 e. The number of amides is 2. The van der Waals surface area contributed by atoms with Gasteiger partial charge in [0.1, 0.15) is 11.5 Å². The number of nitrogens with one attached hydrogen (secondary N) is 1. The van der Waals surface area contributed by atoms with Crippen LogP contribution < -0.4 is 10.2 Å². The number of carbonyl (C=O) groups excluding carboxylic acids is 2. The Morgan fingerprint density at radius 2 is 1.74 bits per heavy atom. The number of benzene rings is 2. The van der Waals surface area contributed by atoms with Gasteiger partial charge in [-0.3, -0.25) is 9.59 Å². The minimum Gasteiger partial charge on any atom is -0.457 e.